The minimum absolute atomic E-state index is 0.130. The van der Waals surface area contributed by atoms with Gasteiger partial charge in [-0.25, -0.2) is 9.78 Å². The van der Waals surface area contributed by atoms with Crippen molar-refractivity contribution in [2.75, 3.05) is 7.11 Å². The molecule has 0 saturated carbocycles. The van der Waals surface area contributed by atoms with Gasteiger partial charge in [0.05, 0.1) is 29.3 Å². The molecule has 0 amide bonds. The molecule has 1 N–H and O–H groups in total. The number of aromatic amines is 1. The predicted molar refractivity (Wildman–Crippen MR) is 118 cm³/mol. The Morgan fingerprint density at radius 1 is 1.19 bits per heavy atom. The topological polar surface area (TPSA) is 117 Å². The maximum atomic E-state index is 12.6. The lowest BCUT2D eigenvalue weighted by molar-refractivity contribution is -0.385. The van der Waals surface area contributed by atoms with Crippen LogP contribution in [0.2, 0.25) is 0 Å². The van der Waals surface area contributed by atoms with Crippen molar-refractivity contribution in [1.29, 1.82) is 0 Å². The van der Waals surface area contributed by atoms with Crippen molar-refractivity contribution in [2.24, 2.45) is 0 Å². The number of nitro groups is 1. The second-order valence-corrected chi connectivity index (χ2v) is 7.42. The molecule has 0 bridgehead atoms. The van der Waals surface area contributed by atoms with Crippen LogP contribution in [0.4, 0.5) is 5.69 Å². The van der Waals surface area contributed by atoms with Crippen molar-refractivity contribution in [3.05, 3.63) is 70.0 Å². The van der Waals surface area contributed by atoms with E-state index in [4.69, 9.17) is 14.2 Å². The van der Waals surface area contributed by atoms with Gasteiger partial charge in [0.2, 0.25) is 5.75 Å². The zero-order valence-corrected chi connectivity index (χ0v) is 17.7. The summed E-state index contributed by atoms with van der Waals surface area (Å²) < 4.78 is 16.5. The summed E-state index contributed by atoms with van der Waals surface area (Å²) in [5.41, 5.74) is 2.15. The normalized spacial score (nSPS) is 11.2. The molecule has 0 fully saturated rings. The van der Waals surface area contributed by atoms with E-state index in [1.165, 1.54) is 19.2 Å². The highest BCUT2D eigenvalue weighted by molar-refractivity contribution is 6.11. The van der Waals surface area contributed by atoms with Crippen LogP contribution in [0, 0.1) is 10.1 Å². The highest BCUT2D eigenvalue weighted by Crippen LogP contribution is 2.36. The first-order chi connectivity index (χ1) is 15.4. The van der Waals surface area contributed by atoms with E-state index in [-0.39, 0.29) is 29.8 Å². The van der Waals surface area contributed by atoms with E-state index < -0.39 is 10.9 Å². The van der Waals surface area contributed by atoms with Crippen LogP contribution in [0.3, 0.4) is 0 Å². The summed E-state index contributed by atoms with van der Waals surface area (Å²) in [6.45, 7) is 3.68. The molecule has 0 spiro atoms. The Morgan fingerprint density at radius 2 is 1.97 bits per heavy atom. The lowest BCUT2D eigenvalue weighted by Gasteiger charge is -2.12. The fourth-order valence-corrected chi connectivity index (χ4v) is 3.55. The number of rotatable bonds is 7. The molecule has 4 aromatic rings. The fourth-order valence-electron chi connectivity index (χ4n) is 3.55. The van der Waals surface area contributed by atoms with Gasteiger partial charge < -0.3 is 19.2 Å². The maximum Gasteiger partial charge on any atom is 0.357 e. The molecule has 9 nitrogen and oxygen atoms in total. The Morgan fingerprint density at radius 3 is 2.69 bits per heavy atom. The number of hydrogen-bond acceptors (Lipinski definition) is 7. The summed E-state index contributed by atoms with van der Waals surface area (Å²) >= 11 is 0. The Labute approximate surface area is 183 Å². The molecule has 2 heterocycles. The molecule has 0 saturated heterocycles. The minimum Gasteiger partial charge on any atom is -0.458 e. The van der Waals surface area contributed by atoms with Crippen molar-refractivity contribution in [2.45, 2.75) is 26.6 Å². The molecule has 164 valence electrons. The van der Waals surface area contributed by atoms with Crippen LogP contribution < -0.4 is 4.74 Å². The lowest BCUT2D eigenvalue weighted by Crippen LogP contribution is -2.15. The Balaban J connectivity index is 1.86. The van der Waals surface area contributed by atoms with E-state index in [2.05, 4.69) is 9.97 Å². The van der Waals surface area contributed by atoms with Gasteiger partial charge in [-0.05, 0) is 38.1 Å². The third kappa shape index (κ3) is 3.97. The number of methoxy groups -OCH3 is 1. The third-order valence-electron chi connectivity index (χ3n) is 4.82. The van der Waals surface area contributed by atoms with Gasteiger partial charge in [0.1, 0.15) is 5.75 Å². The van der Waals surface area contributed by atoms with Gasteiger partial charge in [0.15, 0.2) is 5.69 Å². The molecular weight excluding hydrogens is 414 g/mol. The number of pyridine rings is 1. The Kier molecular flexibility index (Phi) is 5.74. The third-order valence-corrected chi connectivity index (χ3v) is 4.82. The first kappa shape index (κ1) is 21.3. The largest absolute Gasteiger partial charge is 0.458 e. The van der Waals surface area contributed by atoms with Crippen molar-refractivity contribution < 1.29 is 23.9 Å². The summed E-state index contributed by atoms with van der Waals surface area (Å²) in [7, 11) is 1.54. The summed E-state index contributed by atoms with van der Waals surface area (Å²) in [6, 6.07) is 11.5. The minimum atomic E-state index is -0.532. The van der Waals surface area contributed by atoms with E-state index in [1.54, 1.807) is 44.3 Å². The van der Waals surface area contributed by atoms with Gasteiger partial charge in [0, 0.05) is 35.0 Å². The quantitative estimate of drug-likeness (QED) is 0.243. The van der Waals surface area contributed by atoms with E-state index in [1.807, 2.05) is 6.07 Å². The number of nitro benzene ring substituents is 1. The Hall–Kier alpha value is -3.98. The average molecular weight is 435 g/mol. The number of para-hydroxylation sites is 2. The number of esters is 1. The van der Waals surface area contributed by atoms with Gasteiger partial charge >= 0.3 is 11.7 Å². The van der Waals surface area contributed by atoms with Crippen LogP contribution in [-0.4, -0.2) is 34.1 Å². The van der Waals surface area contributed by atoms with Gasteiger partial charge in [-0.1, -0.05) is 12.1 Å². The molecule has 0 aliphatic rings. The number of aromatic nitrogens is 2. The SMILES string of the molecule is COCc1c(C(=O)OC(C)C)ncc2[nH]c3ccc(Oc4ccccc4[N+](=O)[O-])cc3c12. The summed E-state index contributed by atoms with van der Waals surface area (Å²) in [4.78, 5) is 31.0. The van der Waals surface area contributed by atoms with Crippen LogP contribution >= 0.6 is 0 Å². The Bertz CT molecular complexity index is 1330. The second-order valence-electron chi connectivity index (χ2n) is 7.42. The van der Waals surface area contributed by atoms with Crippen molar-refractivity contribution in [3.63, 3.8) is 0 Å². The van der Waals surface area contributed by atoms with E-state index >= 15 is 0 Å². The van der Waals surface area contributed by atoms with E-state index in [9.17, 15) is 14.9 Å². The molecule has 0 aliphatic heterocycles. The molecule has 0 aliphatic carbocycles. The predicted octanol–water partition coefficient (Wildman–Crippen LogP) is 5.13. The number of carbonyl (C=O) groups excluding carboxylic acids is 1. The van der Waals surface area contributed by atoms with Crippen LogP contribution in [0.1, 0.15) is 29.9 Å². The monoisotopic (exact) mass is 435 g/mol. The number of carbonyl (C=O) groups is 1. The van der Waals surface area contributed by atoms with Crippen LogP contribution in [0.25, 0.3) is 21.8 Å². The van der Waals surface area contributed by atoms with Crippen LogP contribution in [0.15, 0.2) is 48.7 Å². The first-order valence-corrected chi connectivity index (χ1v) is 9.93. The number of ether oxygens (including phenoxy) is 3. The molecule has 9 heteroatoms. The van der Waals surface area contributed by atoms with Gasteiger partial charge in [-0.15, -0.1) is 0 Å². The van der Waals surface area contributed by atoms with Crippen LogP contribution in [0.5, 0.6) is 11.5 Å². The van der Waals surface area contributed by atoms with Crippen molar-refractivity contribution in [3.8, 4) is 11.5 Å². The van der Waals surface area contributed by atoms with E-state index in [0.29, 0.717) is 11.3 Å². The number of benzene rings is 2. The number of nitrogens with zero attached hydrogens (tertiary/aromatic N) is 2. The highest BCUT2D eigenvalue weighted by atomic mass is 16.6. The van der Waals surface area contributed by atoms with Crippen LogP contribution in [-0.2, 0) is 16.1 Å². The zero-order valence-electron chi connectivity index (χ0n) is 17.7. The standard InChI is InChI=1S/C23H21N3O6/c1-13(2)31-23(27)22-16(12-30-3)21-15-10-14(8-9-17(15)25-18(21)11-24-22)32-20-7-5-4-6-19(20)26(28)29/h4-11,13,25H,12H2,1-3H3. The molecule has 0 radical (unpaired) electrons. The fraction of sp³-hybridized carbons (Fsp3) is 0.217. The zero-order chi connectivity index (χ0) is 22.8. The average Bonchev–Trinajstić information content (AvgIpc) is 3.12. The van der Waals surface area contributed by atoms with Crippen molar-refractivity contribution >= 4 is 33.5 Å². The molecule has 32 heavy (non-hydrogen) atoms. The molecule has 0 unspecified atom stereocenters. The number of hydrogen-bond donors (Lipinski definition) is 1. The summed E-state index contributed by atoms with van der Waals surface area (Å²) in [6.07, 6.45) is 1.29. The molecule has 0 atom stereocenters. The van der Waals surface area contributed by atoms with Crippen molar-refractivity contribution in [1.82, 2.24) is 9.97 Å². The molecule has 4 rings (SSSR count). The number of fused-ring (bicyclic) bond motifs is 3. The van der Waals surface area contributed by atoms with E-state index in [0.717, 1.165) is 21.8 Å². The lowest BCUT2D eigenvalue weighted by atomic mass is 10.1. The van der Waals surface area contributed by atoms with Gasteiger partial charge in [-0.2, -0.15) is 0 Å². The molecular formula is C23H21N3O6. The summed E-state index contributed by atoms with van der Waals surface area (Å²) in [5, 5.41) is 12.8. The smallest absolute Gasteiger partial charge is 0.357 e. The number of nitrogens with one attached hydrogen (secondary N) is 1. The molecule has 2 aromatic carbocycles. The highest BCUT2D eigenvalue weighted by Gasteiger charge is 2.22. The first-order valence-electron chi connectivity index (χ1n) is 9.93. The van der Waals surface area contributed by atoms with Gasteiger partial charge in [-0.3, -0.25) is 10.1 Å². The maximum absolute atomic E-state index is 12.6. The molecule has 2 aromatic heterocycles. The number of H-pyrrole nitrogens is 1. The van der Waals surface area contributed by atoms with Gasteiger partial charge in [0.25, 0.3) is 0 Å². The second kappa shape index (κ2) is 8.64. The summed E-state index contributed by atoms with van der Waals surface area (Å²) in [5.74, 6) is 0.0199.